The SMILES string of the molecule is CCOC(=O)C(=O)NCC1CCCC1C. The van der Waals surface area contributed by atoms with Crippen molar-refractivity contribution < 1.29 is 14.3 Å². The van der Waals surface area contributed by atoms with Crippen LogP contribution in [0.3, 0.4) is 0 Å². The van der Waals surface area contributed by atoms with Gasteiger partial charge >= 0.3 is 11.9 Å². The van der Waals surface area contributed by atoms with E-state index in [0.29, 0.717) is 18.4 Å². The van der Waals surface area contributed by atoms with Gasteiger partial charge in [0.05, 0.1) is 6.61 Å². The topological polar surface area (TPSA) is 55.4 Å². The van der Waals surface area contributed by atoms with Crippen molar-refractivity contribution in [2.24, 2.45) is 11.8 Å². The summed E-state index contributed by atoms with van der Waals surface area (Å²) in [6.45, 7) is 4.71. The summed E-state index contributed by atoms with van der Waals surface area (Å²) >= 11 is 0. The third-order valence-electron chi connectivity index (χ3n) is 3.02. The fourth-order valence-electron chi connectivity index (χ4n) is 2.02. The minimum absolute atomic E-state index is 0.242. The van der Waals surface area contributed by atoms with E-state index in [1.54, 1.807) is 6.92 Å². The molecule has 2 unspecified atom stereocenters. The fourth-order valence-corrected chi connectivity index (χ4v) is 2.02. The molecule has 0 radical (unpaired) electrons. The van der Waals surface area contributed by atoms with Crippen LogP contribution in [-0.2, 0) is 14.3 Å². The summed E-state index contributed by atoms with van der Waals surface area (Å²) in [5.74, 6) is -0.227. The molecule has 0 aromatic carbocycles. The summed E-state index contributed by atoms with van der Waals surface area (Å²) in [6, 6.07) is 0. The Morgan fingerprint density at radius 3 is 2.67 bits per heavy atom. The normalized spacial score (nSPS) is 24.9. The largest absolute Gasteiger partial charge is 0.459 e. The van der Waals surface area contributed by atoms with E-state index < -0.39 is 11.9 Å². The Bertz CT molecular complexity index is 240. The fraction of sp³-hybridized carbons (Fsp3) is 0.818. The number of carbonyl (C=O) groups excluding carboxylic acids is 2. The van der Waals surface area contributed by atoms with Crippen molar-refractivity contribution in [3.8, 4) is 0 Å². The number of hydrogen-bond acceptors (Lipinski definition) is 3. The number of esters is 1. The van der Waals surface area contributed by atoms with Crippen LogP contribution in [0.2, 0.25) is 0 Å². The van der Waals surface area contributed by atoms with Crippen LogP contribution in [-0.4, -0.2) is 25.0 Å². The van der Waals surface area contributed by atoms with Gasteiger partial charge in [0.15, 0.2) is 0 Å². The van der Waals surface area contributed by atoms with Gasteiger partial charge < -0.3 is 10.1 Å². The molecule has 0 spiro atoms. The van der Waals surface area contributed by atoms with Gasteiger partial charge in [0, 0.05) is 6.54 Å². The highest BCUT2D eigenvalue weighted by Crippen LogP contribution is 2.30. The highest BCUT2D eigenvalue weighted by atomic mass is 16.5. The van der Waals surface area contributed by atoms with E-state index in [4.69, 9.17) is 0 Å². The smallest absolute Gasteiger partial charge is 0.396 e. The molecule has 0 heterocycles. The molecule has 0 aromatic rings. The lowest BCUT2D eigenvalue weighted by Crippen LogP contribution is -2.36. The van der Waals surface area contributed by atoms with E-state index >= 15 is 0 Å². The number of nitrogens with one attached hydrogen (secondary N) is 1. The Morgan fingerprint density at radius 1 is 1.40 bits per heavy atom. The Labute approximate surface area is 90.4 Å². The predicted molar refractivity (Wildman–Crippen MR) is 56.1 cm³/mol. The molecule has 1 aliphatic rings. The second-order valence-electron chi connectivity index (χ2n) is 4.10. The lowest BCUT2D eigenvalue weighted by molar-refractivity contribution is -0.154. The van der Waals surface area contributed by atoms with E-state index in [1.165, 1.54) is 12.8 Å². The van der Waals surface area contributed by atoms with Gasteiger partial charge in [-0.1, -0.05) is 19.8 Å². The zero-order valence-electron chi connectivity index (χ0n) is 9.41. The molecule has 1 amide bonds. The third-order valence-corrected chi connectivity index (χ3v) is 3.02. The highest BCUT2D eigenvalue weighted by Gasteiger charge is 2.24. The second kappa shape index (κ2) is 5.73. The van der Waals surface area contributed by atoms with Crippen LogP contribution < -0.4 is 5.32 Å². The van der Waals surface area contributed by atoms with E-state index in [0.717, 1.165) is 6.42 Å². The zero-order chi connectivity index (χ0) is 11.3. The zero-order valence-corrected chi connectivity index (χ0v) is 9.41. The van der Waals surface area contributed by atoms with Crippen LogP contribution in [0.25, 0.3) is 0 Å². The molecule has 1 aliphatic carbocycles. The number of hydrogen-bond donors (Lipinski definition) is 1. The van der Waals surface area contributed by atoms with Gasteiger partial charge in [-0.3, -0.25) is 4.79 Å². The van der Waals surface area contributed by atoms with Gasteiger partial charge in [-0.2, -0.15) is 0 Å². The average Bonchev–Trinajstić information content (AvgIpc) is 2.61. The van der Waals surface area contributed by atoms with Gasteiger partial charge in [-0.05, 0) is 25.2 Å². The third kappa shape index (κ3) is 3.53. The van der Waals surface area contributed by atoms with Gasteiger partial charge in [0.2, 0.25) is 0 Å². The van der Waals surface area contributed by atoms with Crippen LogP contribution in [0.5, 0.6) is 0 Å². The first-order valence-corrected chi connectivity index (χ1v) is 5.60. The number of amides is 1. The van der Waals surface area contributed by atoms with Crippen molar-refractivity contribution in [3.63, 3.8) is 0 Å². The van der Waals surface area contributed by atoms with E-state index in [9.17, 15) is 9.59 Å². The molecule has 1 rings (SSSR count). The average molecular weight is 213 g/mol. The Kier molecular flexibility index (Phi) is 4.59. The Morgan fingerprint density at radius 2 is 2.13 bits per heavy atom. The summed E-state index contributed by atoms with van der Waals surface area (Å²) in [6.07, 6.45) is 3.59. The maximum Gasteiger partial charge on any atom is 0.396 e. The summed E-state index contributed by atoms with van der Waals surface area (Å²) in [4.78, 5) is 22.2. The van der Waals surface area contributed by atoms with Crippen molar-refractivity contribution in [1.29, 1.82) is 0 Å². The second-order valence-corrected chi connectivity index (χ2v) is 4.10. The quantitative estimate of drug-likeness (QED) is 0.564. The van der Waals surface area contributed by atoms with Gasteiger partial charge in [0.25, 0.3) is 0 Å². The first-order chi connectivity index (χ1) is 7.15. The molecule has 4 heteroatoms. The van der Waals surface area contributed by atoms with Crippen molar-refractivity contribution in [2.75, 3.05) is 13.2 Å². The standard InChI is InChI=1S/C11H19NO3/c1-3-15-11(14)10(13)12-7-9-6-4-5-8(9)2/h8-9H,3-7H2,1-2H3,(H,12,13). The van der Waals surface area contributed by atoms with Crippen LogP contribution in [0, 0.1) is 11.8 Å². The molecule has 1 N–H and O–H groups in total. The summed E-state index contributed by atoms with van der Waals surface area (Å²) in [5.41, 5.74) is 0. The van der Waals surface area contributed by atoms with Crippen molar-refractivity contribution >= 4 is 11.9 Å². The van der Waals surface area contributed by atoms with E-state index in [-0.39, 0.29) is 6.61 Å². The van der Waals surface area contributed by atoms with Crippen LogP contribution >= 0.6 is 0 Å². The van der Waals surface area contributed by atoms with Gasteiger partial charge in [-0.25, -0.2) is 4.79 Å². The summed E-state index contributed by atoms with van der Waals surface area (Å²) in [5, 5.41) is 2.63. The van der Waals surface area contributed by atoms with Crippen molar-refractivity contribution in [2.45, 2.75) is 33.1 Å². The lowest BCUT2D eigenvalue weighted by atomic mass is 9.98. The van der Waals surface area contributed by atoms with E-state index in [1.807, 2.05) is 0 Å². The number of rotatable bonds is 3. The molecular formula is C11H19NO3. The molecule has 0 aromatic heterocycles. The van der Waals surface area contributed by atoms with E-state index in [2.05, 4.69) is 17.0 Å². The maximum atomic E-state index is 11.2. The Hall–Kier alpha value is -1.06. The summed E-state index contributed by atoms with van der Waals surface area (Å²) < 4.78 is 4.59. The molecule has 2 atom stereocenters. The molecule has 0 aliphatic heterocycles. The van der Waals surface area contributed by atoms with Gasteiger partial charge in [-0.15, -0.1) is 0 Å². The number of ether oxygens (including phenoxy) is 1. The van der Waals surface area contributed by atoms with Gasteiger partial charge in [0.1, 0.15) is 0 Å². The molecular weight excluding hydrogens is 194 g/mol. The highest BCUT2D eigenvalue weighted by molar-refractivity contribution is 6.32. The first-order valence-electron chi connectivity index (χ1n) is 5.60. The molecule has 15 heavy (non-hydrogen) atoms. The molecule has 0 bridgehead atoms. The molecule has 1 saturated carbocycles. The lowest BCUT2D eigenvalue weighted by Gasteiger charge is -2.15. The van der Waals surface area contributed by atoms with Crippen LogP contribution in [0.15, 0.2) is 0 Å². The minimum Gasteiger partial charge on any atom is -0.459 e. The molecule has 0 saturated heterocycles. The summed E-state index contributed by atoms with van der Waals surface area (Å²) in [7, 11) is 0. The van der Waals surface area contributed by atoms with Crippen molar-refractivity contribution in [3.05, 3.63) is 0 Å². The Balaban J connectivity index is 2.24. The molecule has 86 valence electrons. The minimum atomic E-state index is -0.775. The van der Waals surface area contributed by atoms with Crippen LogP contribution in [0.4, 0.5) is 0 Å². The van der Waals surface area contributed by atoms with Crippen molar-refractivity contribution in [1.82, 2.24) is 5.32 Å². The molecule has 1 fully saturated rings. The number of carbonyl (C=O) groups is 2. The maximum absolute atomic E-state index is 11.2. The van der Waals surface area contributed by atoms with Crippen LogP contribution in [0.1, 0.15) is 33.1 Å². The predicted octanol–water partition coefficient (Wildman–Crippen LogP) is 1.10. The monoisotopic (exact) mass is 213 g/mol. The first kappa shape index (κ1) is 12.0. The molecule has 4 nitrogen and oxygen atoms in total.